The third-order valence-electron chi connectivity index (χ3n) is 4.23. The molecule has 4 rings (SSSR count). The van der Waals surface area contributed by atoms with E-state index in [1.165, 1.54) is 0 Å². The second-order valence-corrected chi connectivity index (χ2v) is 5.78. The Labute approximate surface area is 120 Å². The van der Waals surface area contributed by atoms with Gasteiger partial charge in [0.1, 0.15) is 5.82 Å². The quantitative estimate of drug-likeness (QED) is 0.898. The van der Waals surface area contributed by atoms with Crippen molar-refractivity contribution in [3.05, 3.63) is 29.6 Å². The van der Waals surface area contributed by atoms with E-state index in [2.05, 4.69) is 14.9 Å². The summed E-state index contributed by atoms with van der Waals surface area (Å²) in [6.07, 6.45) is 2.69. The third kappa shape index (κ3) is 1.98. The molecule has 1 atom stereocenters. The van der Waals surface area contributed by atoms with Gasteiger partial charge >= 0.3 is 5.97 Å². The van der Waals surface area contributed by atoms with E-state index < -0.39 is 5.97 Å². The topological polar surface area (TPSA) is 84.2 Å². The van der Waals surface area contributed by atoms with Crippen molar-refractivity contribution in [1.82, 2.24) is 14.9 Å². The SMILES string of the molecule is O=C1CC(n2c(C3CC3)nc3cc(C(=O)O)ccc32)CN1. The Bertz CT molecular complexity index is 761. The number of aromatic carboxylic acids is 1. The molecule has 21 heavy (non-hydrogen) atoms. The number of rotatable bonds is 3. The van der Waals surface area contributed by atoms with E-state index in [1.54, 1.807) is 18.2 Å². The lowest BCUT2D eigenvalue weighted by atomic mass is 10.2. The highest BCUT2D eigenvalue weighted by Crippen LogP contribution is 2.42. The molecule has 6 heteroatoms. The van der Waals surface area contributed by atoms with Crippen molar-refractivity contribution < 1.29 is 14.7 Å². The molecule has 1 aliphatic carbocycles. The molecule has 0 radical (unpaired) electrons. The Hall–Kier alpha value is -2.37. The summed E-state index contributed by atoms with van der Waals surface area (Å²) in [7, 11) is 0. The number of hydrogen-bond donors (Lipinski definition) is 2. The number of fused-ring (bicyclic) bond motifs is 1. The number of aromatic nitrogens is 2. The zero-order chi connectivity index (χ0) is 14.6. The number of carboxylic acids is 1. The Morgan fingerprint density at radius 2 is 2.19 bits per heavy atom. The molecule has 108 valence electrons. The first kappa shape index (κ1) is 12.4. The fourth-order valence-electron chi connectivity index (χ4n) is 3.04. The zero-order valence-corrected chi connectivity index (χ0v) is 11.4. The Kier molecular flexibility index (Phi) is 2.54. The van der Waals surface area contributed by atoms with E-state index in [1.807, 2.05) is 0 Å². The van der Waals surface area contributed by atoms with Crippen LogP contribution in [0.2, 0.25) is 0 Å². The first-order chi connectivity index (χ1) is 10.1. The summed E-state index contributed by atoms with van der Waals surface area (Å²) in [4.78, 5) is 27.2. The van der Waals surface area contributed by atoms with Crippen LogP contribution in [0.25, 0.3) is 11.0 Å². The molecule has 6 nitrogen and oxygen atoms in total. The maximum absolute atomic E-state index is 11.5. The van der Waals surface area contributed by atoms with Gasteiger partial charge in [-0.3, -0.25) is 4.79 Å². The highest BCUT2D eigenvalue weighted by molar-refractivity contribution is 5.92. The average molecular weight is 285 g/mol. The van der Waals surface area contributed by atoms with Crippen LogP contribution in [0.5, 0.6) is 0 Å². The standard InChI is InChI=1S/C15H15N3O3/c19-13-6-10(7-16-13)18-12-4-3-9(15(20)21)5-11(12)17-14(18)8-1-2-8/h3-5,8,10H,1-2,6-7H2,(H,16,19)(H,20,21). The molecule has 1 saturated heterocycles. The van der Waals surface area contributed by atoms with Gasteiger partial charge in [0.25, 0.3) is 0 Å². The molecule has 2 aliphatic rings. The second kappa shape index (κ2) is 4.31. The normalized spacial score (nSPS) is 21.7. The lowest BCUT2D eigenvalue weighted by molar-refractivity contribution is -0.119. The number of imidazole rings is 1. The summed E-state index contributed by atoms with van der Waals surface area (Å²) >= 11 is 0. The minimum Gasteiger partial charge on any atom is -0.478 e. The first-order valence-corrected chi connectivity index (χ1v) is 7.15. The van der Waals surface area contributed by atoms with Gasteiger partial charge in [0.05, 0.1) is 22.6 Å². The van der Waals surface area contributed by atoms with Crippen LogP contribution in [0.3, 0.4) is 0 Å². The summed E-state index contributed by atoms with van der Waals surface area (Å²) in [6, 6.07) is 5.10. The molecule has 1 aromatic heterocycles. The van der Waals surface area contributed by atoms with Crippen LogP contribution in [-0.2, 0) is 4.79 Å². The van der Waals surface area contributed by atoms with Crippen LogP contribution in [0.1, 0.15) is 47.4 Å². The van der Waals surface area contributed by atoms with Gasteiger partial charge in [-0.1, -0.05) is 0 Å². The number of nitrogens with one attached hydrogen (secondary N) is 1. The van der Waals surface area contributed by atoms with Gasteiger partial charge in [0, 0.05) is 18.9 Å². The van der Waals surface area contributed by atoms with Crippen LogP contribution in [0.15, 0.2) is 18.2 Å². The van der Waals surface area contributed by atoms with E-state index in [4.69, 9.17) is 5.11 Å². The van der Waals surface area contributed by atoms with Crippen LogP contribution in [0, 0.1) is 0 Å². The molecule has 1 saturated carbocycles. The van der Waals surface area contributed by atoms with Gasteiger partial charge in [0.15, 0.2) is 0 Å². The van der Waals surface area contributed by atoms with Gasteiger partial charge in [-0.15, -0.1) is 0 Å². The van der Waals surface area contributed by atoms with Crippen molar-refractivity contribution in [2.75, 3.05) is 6.54 Å². The average Bonchev–Trinajstić information content (AvgIpc) is 3.11. The van der Waals surface area contributed by atoms with Gasteiger partial charge in [-0.2, -0.15) is 0 Å². The predicted octanol–water partition coefficient (Wildman–Crippen LogP) is 1.67. The highest BCUT2D eigenvalue weighted by atomic mass is 16.4. The van der Waals surface area contributed by atoms with Crippen LogP contribution in [-0.4, -0.2) is 33.1 Å². The maximum atomic E-state index is 11.5. The predicted molar refractivity (Wildman–Crippen MR) is 75.3 cm³/mol. The van der Waals surface area contributed by atoms with Gasteiger partial charge in [-0.25, -0.2) is 9.78 Å². The number of carbonyl (C=O) groups excluding carboxylic acids is 1. The summed E-state index contributed by atoms with van der Waals surface area (Å²) in [5.41, 5.74) is 1.87. The van der Waals surface area contributed by atoms with Crippen molar-refractivity contribution in [2.24, 2.45) is 0 Å². The summed E-state index contributed by atoms with van der Waals surface area (Å²) in [5.74, 6) is 0.554. The van der Waals surface area contributed by atoms with Crippen molar-refractivity contribution >= 4 is 22.9 Å². The largest absolute Gasteiger partial charge is 0.478 e. The number of nitrogens with zero attached hydrogens (tertiary/aromatic N) is 2. The molecular formula is C15H15N3O3. The molecule has 0 spiro atoms. The zero-order valence-electron chi connectivity index (χ0n) is 11.4. The maximum Gasteiger partial charge on any atom is 0.335 e. The molecule has 1 unspecified atom stereocenters. The lowest BCUT2D eigenvalue weighted by Gasteiger charge is -2.14. The van der Waals surface area contributed by atoms with Gasteiger partial charge < -0.3 is 15.0 Å². The molecule has 1 amide bonds. The molecule has 2 aromatic rings. The van der Waals surface area contributed by atoms with Gasteiger partial charge in [-0.05, 0) is 31.0 Å². The van der Waals surface area contributed by atoms with Crippen molar-refractivity contribution in [3.8, 4) is 0 Å². The summed E-state index contributed by atoms with van der Waals surface area (Å²) in [6.45, 7) is 0.616. The second-order valence-electron chi connectivity index (χ2n) is 5.78. The van der Waals surface area contributed by atoms with Gasteiger partial charge in [0.2, 0.25) is 5.91 Å². The van der Waals surface area contributed by atoms with E-state index in [0.29, 0.717) is 24.4 Å². The smallest absolute Gasteiger partial charge is 0.335 e. The summed E-state index contributed by atoms with van der Waals surface area (Å²) < 4.78 is 2.14. The number of amides is 1. The van der Waals surface area contributed by atoms with Crippen molar-refractivity contribution in [2.45, 2.75) is 31.2 Å². The molecule has 2 heterocycles. The number of benzene rings is 1. The fraction of sp³-hybridized carbons (Fsp3) is 0.400. The lowest BCUT2D eigenvalue weighted by Crippen LogP contribution is -2.16. The Balaban J connectivity index is 1.88. The Morgan fingerprint density at radius 3 is 2.81 bits per heavy atom. The monoisotopic (exact) mass is 285 g/mol. The molecular weight excluding hydrogens is 270 g/mol. The fourth-order valence-corrected chi connectivity index (χ4v) is 3.04. The molecule has 2 fully saturated rings. The number of carboxylic acid groups (broad SMARTS) is 1. The first-order valence-electron chi connectivity index (χ1n) is 7.15. The van der Waals surface area contributed by atoms with E-state index in [9.17, 15) is 9.59 Å². The number of hydrogen-bond acceptors (Lipinski definition) is 3. The van der Waals surface area contributed by atoms with Crippen LogP contribution >= 0.6 is 0 Å². The molecule has 1 aromatic carbocycles. The molecule has 1 aliphatic heterocycles. The van der Waals surface area contributed by atoms with E-state index >= 15 is 0 Å². The molecule has 2 N–H and O–H groups in total. The minimum absolute atomic E-state index is 0.0609. The number of carbonyl (C=O) groups is 2. The third-order valence-corrected chi connectivity index (χ3v) is 4.23. The summed E-state index contributed by atoms with van der Waals surface area (Å²) in [5, 5.41) is 12.0. The van der Waals surface area contributed by atoms with E-state index in [0.717, 1.165) is 24.2 Å². The molecule has 0 bridgehead atoms. The minimum atomic E-state index is -0.947. The van der Waals surface area contributed by atoms with Crippen molar-refractivity contribution in [3.63, 3.8) is 0 Å². The van der Waals surface area contributed by atoms with Crippen LogP contribution < -0.4 is 5.32 Å². The van der Waals surface area contributed by atoms with Crippen LogP contribution in [0.4, 0.5) is 0 Å². The highest BCUT2D eigenvalue weighted by Gasteiger charge is 2.34. The van der Waals surface area contributed by atoms with E-state index in [-0.39, 0.29) is 17.5 Å². The van der Waals surface area contributed by atoms with Crippen molar-refractivity contribution in [1.29, 1.82) is 0 Å². The Morgan fingerprint density at radius 1 is 1.38 bits per heavy atom.